The minimum absolute atomic E-state index is 0.272. The average molecular weight is 273 g/mol. The second kappa shape index (κ2) is 5.92. The number of benzene rings is 1. The number of nitrogens with one attached hydrogen (secondary N) is 1. The lowest BCUT2D eigenvalue weighted by Crippen LogP contribution is -2.12. The summed E-state index contributed by atoms with van der Waals surface area (Å²) in [6, 6.07) is 8.22. The highest BCUT2D eigenvalue weighted by atomic mass is 16.5. The first-order chi connectivity index (χ1) is 9.63. The first-order valence-electron chi connectivity index (χ1n) is 5.89. The monoisotopic (exact) mass is 273 g/mol. The maximum Gasteiger partial charge on any atom is 0.255 e. The Hall–Kier alpha value is -2.76. The molecule has 0 aliphatic carbocycles. The fourth-order valence-electron chi connectivity index (χ4n) is 1.65. The molecule has 3 N–H and O–H groups in total. The van der Waals surface area contributed by atoms with E-state index in [0.717, 1.165) is 0 Å². The number of aromatic nitrogens is 1. The molecule has 0 unspecified atom stereocenters. The van der Waals surface area contributed by atoms with E-state index in [-0.39, 0.29) is 5.91 Å². The molecule has 0 radical (unpaired) electrons. The van der Waals surface area contributed by atoms with Crippen LogP contribution in [0.15, 0.2) is 36.5 Å². The molecule has 0 spiro atoms. The van der Waals surface area contributed by atoms with E-state index in [0.29, 0.717) is 28.6 Å². The predicted octanol–water partition coefficient (Wildman–Crippen LogP) is 1.93. The molecular formula is C14H15N3O3. The van der Waals surface area contributed by atoms with Crippen molar-refractivity contribution in [2.24, 2.45) is 0 Å². The van der Waals surface area contributed by atoms with E-state index in [1.165, 1.54) is 20.4 Å². The molecule has 0 aliphatic rings. The van der Waals surface area contributed by atoms with Crippen LogP contribution < -0.4 is 20.5 Å². The number of amides is 1. The van der Waals surface area contributed by atoms with Crippen molar-refractivity contribution in [1.29, 1.82) is 0 Å². The number of hydrogen-bond acceptors (Lipinski definition) is 5. The van der Waals surface area contributed by atoms with Crippen molar-refractivity contribution in [3.05, 3.63) is 42.1 Å². The van der Waals surface area contributed by atoms with Crippen LogP contribution in [0.3, 0.4) is 0 Å². The summed E-state index contributed by atoms with van der Waals surface area (Å²) in [4.78, 5) is 16.1. The minimum Gasteiger partial charge on any atom is -0.495 e. The number of nitrogen functional groups attached to an aromatic ring is 1. The lowest BCUT2D eigenvalue weighted by Gasteiger charge is -2.08. The van der Waals surface area contributed by atoms with Gasteiger partial charge in [-0.15, -0.1) is 0 Å². The second-order valence-corrected chi connectivity index (χ2v) is 4.00. The van der Waals surface area contributed by atoms with Gasteiger partial charge in [0.1, 0.15) is 5.75 Å². The van der Waals surface area contributed by atoms with Gasteiger partial charge in [0.25, 0.3) is 5.91 Å². The highest BCUT2D eigenvalue weighted by Gasteiger charge is 2.09. The van der Waals surface area contributed by atoms with Gasteiger partial charge in [0.15, 0.2) is 0 Å². The third-order valence-electron chi connectivity index (χ3n) is 2.70. The number of nitrogens with two attached hydrogens (primary N) is 1. The molecular weight excluding hydrogens is 258 g/mol. The summed E-state index contributed by atoms with van der Waals surface area (Å²) in [5.74, 6) is 0.746. The van der Waals surface area contributed by atoms with E-state index in [1.54, 1.807) is 30.3 Å². The van der Waals surface area contributed by atoms with Gasteiger partial charge in [-0.2, -0.15) is 0 Å². The molecule has 6 heteroatoms. The molecule has 0 bridgehead atoms. The predicted molar refractivity (Wildman–Crippen MR) is 76.1 cm³/mol. The lowest BCUT2D eigenvalue weighted by atomic mass is 10.1. The maximum absolute atomic E-state index is 12.1. The summed E-state index contributed by atoms with van der Waals surface area (Å²) in [6.07, 6.45) is 1.52. The summed E-state index contributed by atoms with van der Waals surface area (Å²) in [5, 5.41) is 2.72. The van der Waals surface area contributed by atoms with Gasteiger partial charge in [-0.05, 0) is 24.3 Å². The molecule has 104 valence electrons. The van der Waals surface area contributed by atoms with E-state index < -0.39 is 0 Å². The standard InChI is InChI=1S/C14H15N3O3/c1-19-12-5-3-9(7-11(12)15)14(18)17-10-4-6-13(20-2)16-8-10/h3-8H,15H2,1-2H3,(H,17,18). The van der Waals surface area contributed by atoms with E-state index in [1.807, 2.05) is 0 Å². The van der Waals surface area contributed by atoms with Gasteiger partial charge >= 0.3 is 0 Å². The van der Waals surface area contributed by atoms with Crippen LogP contribution in [0, 0.1) is 0 Å². The summed E-state index contributed by atoms with van der Waals surface area (Å²) >= 11 is 0. The number of carbonyl (C=O) groups excluding carboxylic acids is 1. The van der Waals surface area contributed by atoms with Crippen LogP contribution in [0.1, 0.15) is 10.4 Å². The summed E-state index contributed by atoms with van der Waals surface area (Å²) in [5.41, 5.74) is 7.20. The average Bonchev–Trinajstić information content (AvgIpc) is 2.48. The van der Waals surface area contributed by atoms with Gasteiger partial charge in [-0.1, -0.05) is 0 Å². The summed E-state index contributed by atoms with van der Waals surface area (Å²) in [6.45, 7) is 0. The molecule has 20 heavy (non-hydrogen) atoms. The molecule has 0 fully saturated rings. The topological polar surface area (TPSA) is 86.5 Å². The third-order valence-corrected chi connectivity index (χ3v) is 2.70. The van der Waals surface area contributed by atoms with Gasteiger partial charge in [-0.25, -0.2) is 4.98 Å². The quantitative estimate of drug-likeness (QED) is 0.831. The number of nitrogens with zero attached hydrogens (tertiary/aromatic N) is 1. The first-order valence-corrected chi connectivity index (χ1v) is 5.89. The van der Waals surface area contributed by atoms with Gasteiger partial charge in [0, 0.05) is 11.6 Å². The largest absolute Gasteiger partial charge is 0.495 e. The Bertz CT molecular complexity index is 612. The van der Waals surface area contributed by atoms with Crippen LogP contribution in [0.2, 0.25) is 0 Å². The van der Waals surface area contributed by atoms with E-state index in [9.17, 15) is 4.79 Å². The van der Waals surface area contributed by atoms with Gasteiger partial charge in [0.05, 0.1) is 31.8 Å². The molecule has 2 aromatic rings. The van der Waals surface area contributed by atoms with Crippen molar-refractivity contribution in [2.45, 2.75) is 0 Å². The van der Waals surface area contributed by atoms with Crippen molar-refractivity contribution in [2.75, 3.05) is 25.3 Å². The number of rotatable bonds is 4. The molecule has 0 saturated heterocycles. The molecule has 0 aliphatic heterocycles. The molecule has 1 aromatic carbocycles. The zero-order valence-corrected chi connectivity index (χ0v) is 11.2. The Balaban J connectivity index is 2.12. The van der Waals surface area contributed by atoms with Crippen LogP contribution in [0.4, 0.5) is 11.4 Å². The zero-order valence-electron chi connectivity index (χ0n) is 11.2. The number of methoxy groups -OCH3 is 2. The van der Waals surface area contributed by atoms with Crippen molar-refractivity contribution in [1.82, 2.24) is 4.98 Å². The third kappa shape index (κ3) is 2.97. The minimum atomic E-state index is -0.272. The lowest BCUT2D eigenvalue weighted by molar-refractivity contribution is 0.102. The molecule has 1 heterocycles. The number of pyridine rings is 1. The fraction of sp³-hybridized carbons (Fsp3) is 0.143. The Labute approximate surface area is 116 Å². The Kier molecular flexibility index (Phi) is 4.05. The zero-order chi connectivity index (χ0) is 14.5. The highest BCUT2D eigenvalue weighted by Crippen LogP contribution is 2.22. The number of carbonyl (C=O) groups is 1. The van der Waals surface area contributed by atoms with Crippen LogP contribution in [-0.4, -0.2) is 25.1 Å². The Morgan fingerprint density at radius 3 is 2.55 bits per heavy atom. The molecule has 0 atom stereocenters. The molecule has 0 saturated carbocycles. The molecule has 1 aromatic heterocycles. The van der Waals surface area contributed by atoms with Crippen molar-refractivity contribution in [3.8, 4) is 11.6 Å². The Morgan fingerprint density at radius 1 is 1.20 bits per heavy atom. The summed E-state index contributed by atoms with van der Waals surface area (Å²) in [7, 11) is 3.05. The highest BCUT2D eigenvalue weighted by molar-refractivity contribution is 6.04. The SMILES string of the molecule is COc1ccc(NC(=O)c2ccc(OC)c(N)c2)cn1. The van der Waals surface area contributed by atoms with Crippen molar-refractivity contribution < 1.29 is 14.3 Å². The van der Waals surface area contributed by atoms with Crippen LogP contribution in [0.25, 0.3) is 0 Å². The van der Waals surface area contributed by atoms with E-state index in [4.69, 9.17) is 15.2 Å². The van der Waals surface area contributed by atoms with Gasteiger partial charge < -0.3 is 20.5 Å². The smallest absolute Gasteiger partial charge is 0.255 e. The maximum atomic E-state index is 12.1. The molecule has 6 nitrogen and oxygen atoms in total. The number of anilines is 2. The normalized spacial score (nSPS) is 9.90. The van der Waals surface area contributed by atoms with Crippen molar-refractivity contribution >= 4 is 17.3 Å². The van der Waals surface area contributed by atoms with Gasteiger partial charge in [0.2, 0.25) is 5.88 Å². The second-order valence-electron chi connectivity index (χ2n) is 4.00. The van der Waals surface area contributed by atoms with Crippen LogP contribution in [0.5, 0.6) is 11.6 Å². The number of hydrogen-bond donors (Lipinski definition) is 2. The van der Waals surface area contributed by atoms with Gasteiger partial charge in [-0.3, -0.25) is 4.79 Å². The molecule has 2 rings (SSSR count). The summed E-state index contributed by atoms with van der Waals surface area (Å²) < 4.78 is 9.99. The van der Waals surface area contributed by atoms with Crippen LogP contribution in [-0.2, 0) is 0 Å². The number of ether oxygens (including phenoxy) is 2. The van der Waals surface area contributed by atoms with Crippen LogP contribution >= 0.6 is 0 Å². The van der Waals surface area contributed by atoms with Crippen molar-refractivity contribution in [3.63, 3.8) is 0 Å². The fourth-order valence-corrected chi connectivity index (χ4v) is 1.65. The first kappa shape index (κ1) is 13.7. The Morgan fingerprint density at radius 2 is 2.00 bits per heavy atom. The van der Waals surface area contributed by atoms with E-state index >= 15 is 0 Å². The molecule has 1 amide bonds. The van der Waals surface area contributed by atoms with E-state index in [2.05, 4.69) is 10.3 Å².